The fourth-order valence-electron chi connectivity index (χ4n) is 2.89. The molecule has 1 saturated heterocycles. The molecule has 0 bridgehead atoms. The van der Waals surface area contributed by atoms with Crippen molar-refractivity contribution in [1.29, 1.82) is 0 Å². The first-order chi connectivity index (χ1) is 11.3. The maximum absolute atomic E-state index is 12.4. The molecule has 120 valence electrons. The van der Waals surface area contributed by atoms with Crippen molar-refractivity contribution in [3.05, 3.63) is 60.2 Å². The maximum Gasteiger partial charge on any atom is 0.227 e. The molecule has 0 atom stereocenters. The van der Waals surface area contributed by atoms with Crippen LogP contribution in [0.5, 0.6) is 5.75 Å². The molecule has 0 saturated carbocycles. The molecule has 0 N–H and O–H groups in total. The summed E-state index contributed by atoms with van der Waals surface area (Å²) in [6.45, 7) is 3.29. The molecule has 4 heteroatoms. The van der Waals surface area contributed by atoms with E-state index >= 15 is 0 Å². The molecule has 0 unspecified atom stereocenters. The Morgan fingerprint density at radius 2 is 1.61 bits per heavy atom. The number of methoxy groups -OCH3 is 1. The van der Waals surface area contributed by atoms with Crippen molar-refractivity contribution in [1.82, 2.24) is 4.90 Å². The van der Waals surface area contributed by atoms with Gasteiger partial charge in [0.1, 0.15) is 5.75 Å². The number of nitrogens with zero attached hydrogens (tertiary/aromatic N) is 2. The van der Waals surface area contributed by atoms with E-state index in [1.165, 1.54) is 5.69 Å². The smallest absolute Gasteiger partial charge is 0.227 e. The van der Waals surface area contributed by atoms with E-state index in [9.17, 15) is 4.79 Å². The molecule has 0 spiro atoms. The number of hydrogen-bond donors (Lipinski definition) is 0. The summed E-state index contributed by atoms with van der Waals surface area (Å²) in [5.41, 5.74) is 2.26. The third-order valence-electron chi connectivity index (χ3n) is 4.27. The molecule has 2 aromatic carbocycles. The van der Waals surface area contributed by atoms with E-state index in [0.717, 1.165) is 37.5 Å². The summed E-state index contributed by atoms with van der Waals surface area (Å²) in [7, 11) is 1.67. The van der Waals surface area contributed by atoms with E-state index in [0.29, 0.717) is 6.42 Å². The first-order valence-corrected chi connectivity index (χ1v) is 7.97. The summed E-state index contributed by atoms with van der Waals surface area (Å²) in [4.78, 5) is 16.7. The van der Waals surface area contributed by atoms with E-state index in [-0.39, 0.29) is 5.91 Å². The van der Waals surface area contributed by atoms with Crippen LogP contribution in [0.15, 0.2) is 54.6 Å². The Morgan fingerprint density at radius 1 is 0.957 bits per heavy atom. The van der Waals surface area contributed by atoms with E-state index in [4.69, 9.17) is 4.74 Å². The highest BCUT2D eigenvalue weighted by atomic mass is 16.5. The number of piperazine rings is 1. The highest BCUT2D eigenvalue weighted by molar-refractivity contribution is 5.79. The van der Waals surface area contributed by atoms with Crippen LogP contribution >= 0.6 is 0 Å². The molecule has 0 aliphatic carbocycles. The zero-order chi connectivity index (χ0) is 16.1. The SMILES string of the molecule is COc1ccc(N2CCN(C(=O)Cc3ccccc3)CC2)cc1. The van der Waals surface area contributed by atoms with Crippen LogP contribution in [-0.2, 0) is 11.2 Å². The van der Waals surface area contributed by atoms with E-state index in [1.807, 2.05) is 47.4 Å². The topological polar surface area (TPSA) is 32.8 Å². The highest BCUT2D eigenvalue weighted by Crippen LogP contribution is 2.20. The van der Waals surface area contributed by atoms with Crippen LogP contribution in [0.2, 0.25) is 0 Å². The summed E-state index contributed by atoms with van der Waals surface area (Å²) in [5, 5.41) is 0. The van der Waals surface area contributed by atoms with Gasteiger partial charge < -0.3 is 14.5 Å². The lowest BCUT2D eigenvalue weighted by atomic mass is 10.1. The van der Waals surface area contributed by atoms with Crippen molar-refractivity contribution >= 4 is 11.6 Å². The molecule has 1 aliphatic rings. The summed E-state index contributed by atoms with van der Waals surface area (Å²) < 4.78 is 5.19. The Labute approximate surface area is 137 Å². The van der Waals surface area contributed by atoms with Crippen LogP contribution in [0.4, 0.5) is 5.69 Å². The monoisotopic (exact) mass is 310 g/mol. The molecule has 1 fully saturated rings. The van der Waals surface area contributed by atoms with Gasteiger partial charge in [-0.05, 0) is 29.8 Å². The second-order valence-electron chi connectivity index (χ2n) is 5.73. The van der Waals surface area contributed by atoms with Crippen molar-refractivity contribution < 1.29 is 9.53 Å². The number of anilines is 1. The highest BCUT2D eigenvalue weighted by Gasteiger charge is 2.21. The number of hydrogen-bond acceptors (Lipinski definition) is 3. The van der Waals surface area contributed by atoms with Crippen molar-refractivity contribution in [2.45, 2.75) is 6.42 Å². The Morgan fingerprint density at radius 3 is 2.22 bits per heavy atom. The third-order valence-corrected chi connectivity index (χ3v) is 4.27. The van der Waals surface area contributed by atoms with Gasteiger partial charge >= 0.3 is 0 Å². The second kappa shape index (κ2) is 7.18. The van der Waals surface area contributed by atoms with Crippen LogP contribution in [0.3, 0.4) is 0 Å². The minimum atomic E-state index is 0.214. The predicted molar refractivity (Wildman–Crippen MR) is 91.9 cm³/mol. The third kappa shape index (κ3) is 3.83. The normalized spacial score (nSPS) is 14.7. The van der Waals surface area contributed by atoms with Gasteiger partial charge in [0.2, 0.25) is 5.91 Å². The van der Waals surface area contributed by atoms with E-state index in [2.05, 4.69) is 17.0 Å². The zero-order valence-corrected chi connectivity index (χ0v) is 13.4. The minimum Gasteiger partial charge on any atom is -0.497 e. The number of carbonyl (C=O) groups excluding carboxylic acids is 1. The van der Waals surface area contributed by atoms with Crippen LogP contribution in [0.25, 0.3) is 0 Å². The van der Waals surface area contributed by atoms with E-state index in [1.54, 1.807) is 7.11 Å². The largest absolute Gasteiger partial charge is 0.497 e. The Hall–Kier alpha value is -2.49. The molecule has 1 amide bonds. The molecular weight excluding hydrogens is 288 g/mol. The maximum atomic E-state index is 12.4. The second-order valence-corrected chi connectivity index (χ2v) is 5.73. The quantitative estimate of drug-likeness (QED) is 0.870. The average Bonchev–Trinajstić information content (AvgIpc) is 2.63. The van der Waals surface area contributed by atoms with Crippen LogP contribution in [-0.4, -0.2) is 44.1 Å². The molecule has 23 heavy (non-hydrogen) atoms. The minimum absolute atomic E-state index is 0.214. The number of amides is 1. The van der Waals surface area contributed by atoms with Gasteiger partial charge in [0, 0.05) is 31.9 Å². The van der Waals surface area contributed by atoms with Gasteiger partial charge in [0.05, 0.1) is 13.5 Å². The summed E-state index contributed by atoms with van der Waals surface area (Å²) in [6.07, 6.45) is 0.489. The molecule has 2 aromatic rings. The van der Waals surface area contributed by atoms with Crippen LogP contribution in [0, 0.1) is 0 Å². The Bertz CT molecular complexity index is 632. The standard InChI is InChI=1S/C19H22N2O2/c1-23-18-9-7-17(8-10-18)20-11-13-21(14-12-20)19(22)15-16-5-3-2-4-6-16/h2-10H,11-15H2,1H3. The number of carbonyl (C=O) groups is 1. The lowest BCUT2D eigenvalue weighted by molar-refractivity contribution is -0.130. The Balaban J connectivity index is 1.54. The van der Waals surface area contributed by atoms with Gasteiger partial charge in [-0.15, -0.1) is 0 Å². The molecule has 4 nitrogen and oxygen atoms in total. The molecule has 1 heterocycles. The number of benzene rings is 2. The predicted octanol–water partition coefficient (Wildman–Crippen LogP) is 2.59. The lowest BCUT2D eigenvalue weighted by Crippen LogP contribution is -2.49. The molecule has 3 rings (SSSR count). The summed E-state index contributed by atoms with van der Waals surface area (Å²) in [5.74, 6) is 1.08. The van der Waals surface area contributed by atoms with Gasteiger partial charge in [-0.3, -0.25) is 4.79 Å². The molecular formula is C19H22N2O2. The van der Waals surface area contributed by atoms with Crippen LogP contribution < -0.4 is 9.64 Å². The first kappa shape index (κ1) is 15.4. The van der Waals surface area contributed by atoms with Crippen molar-refractivity contribution in [2.75, 3.05) is 38.2 Å². The number of ether oxygens (including phenoxy) is 1. The Kier molecular flexibility index (Phi) is 4.81. The average molecular weight is 310 g/mol. The molecule has 0 radical (unpaired) electrons. The first-order valence-electron chi connectivity index (χ1n) is 7.97. The van der Waals surface area contributed by atoms with Crippen molar-refractivity contribution in [2.24, 2.45) is 0 Å². The fourth-order valence-corrected chi connectivity index (χ4v) is 2.89. The van der Waals surface area contributed by atoms with Gasteiger partial charge in [-0.2, -0.15) is 0 Å². The lowest BCUT2D eigenvalue weighted by Gasteiger charge is -2.36. The fraction of sp³-hybridized carbons (Fsp3) is 0.316. The van der Waals surface area contributed by atoms with Crippen LogP contribution in [0.1, 0.15) is 5.56 Å². The number of rotatable bonds is 4. The molecule has 1 aliphatic heterocycles. The summed E-state index contributed by atoms with van der Waals surface area (Å²) >= 11 is 0. The molecule has 0 aromatic heterocycles. The van der Waals surface area contributed by atoms with Gasteiger partial charge in [0.25, 0.3) is 0 Å². The van der Waals surface area contributed by atoms with Gasteiger partial charge in [0.15, 0.2) is 0 Å². The summed E-state index contributed by atoms with van der Waals surface area (Å²) in [6, 6.07) is 18.0. The van der Waals surface area contributed by atoms with Crippen molar-refractivity contribution in [3.8, 4) is 5.75 Å². The van der Waals surface area contributed by atoms with Gasteiger partial charge in [-0.1, -0.05) is 30.3 Å². The zero-order valence-electron chi connectivity index (χ0n) is 13.4. The van der Waals surface area contributed by atoms with Gasteiger partial charge in [-0.25, -0.2) is 0 Å². The van der Waals surface area contributed by atoms with E-state index < -0.39 is 0 Å². The van der Waals surface area contributed by atoms with Crippen molar-refractivity contribution in [3.63, 3.8) is 0 Å².